The second-order valence-electron chi connectivity index (χ2n) is 7.31. The van der Waals surface area contributed by atoms with Crippen molar-refractivity contribution in [3.05, 3.63) is 89.5 Å². The number of aromatic nitrogens is 1. The Labute approximate surface area is 195 Å². The number of pyridine rings is 1. The van der Waals surface area contributed by atoms with E-state index in [2.05, 4.69) is 9.72 Å². The van der Waals surface area contributed by atoms with Crippen LogP contribution in [0.3, 0.4) is 0 Å². The number of ether oxygens (including phenoxy) is 2. The maximum atomic E-state index is 14.0. The monoisotopic (exact) mass is 488 g/mol. The van der Waals surface area contributed by atoms with Gasteiger partial charge in [-0.2, -0.15) is 0 Å². The number of halogens is 4. The predicted molar refractivity (Wildman–Crippen MR) is 115 cm³/mol. The molecule has 0 radical (unpaired) electrons. The maximum Gasteiger partial charge on any atom is 0.573 e. The number of aliphatic hydroxyl groups is 1. The number of methoxy groups -OCH3 is 1. The third-order valence-corrected chi connectivity index (χ3v) is 5.16. The van der Waals surface area contributed by atoms with Gasteiger partial charge in [-0.05, 0) is 42.5 Å². The van der Waals surface area contributed by atoms with Crippen LogP contribution in [-0.4, -0.2) is 35.3 Å². The number of carbonyl (C=O) groups excluding carboxylic acids is 2. The average molecular weight is 488 g/mol. The van der Waals surface area contributed by atoms with Gasteiger partial charge in [-0.15, -0.1) is 13.2 Å². The quantitative estimate of drug-likeness (QED) is 0.241. The molecule has 0 bridgehead atoms. The van der Waals surface area contributed by atoms with E-state index in [-0.39, 0.29) is 22.7 Å². The highest BCUT2D eigenvalue weighted by molar-refractivity contribution is 6.51. The molecular weight excluding hydrogens is 472 g/mol. The molecule has 35 heavy (non-hydrogen) atoms. The van der Waals surface area contributed by atoms with Gasteiger partial charge in [0.2, 0.25) is 0 Å². The highest BCUT2D eigenvalue weighted by atomic mass is 19.4. The number of anilines is 1. The van der Waals surface area contributed by atoms with Crippen LogP contribution in [-0.2, 0) is 9.59 Å². The van der Waals surface area contributed by atoms with Gasteiger partial charge in [0.25, 0.3) is 11.7 Å². The molecule has 0 aliphatic carbocycles. The lowest BCUT2D eigenvalue weighted by Gasteiger charge is -2.25. The van der Waals surface area contributed by atoms with Crippen molar-refractivity contribution in [3.63, 3.8) is 0 Å². The van der Waals surface area contributed by atoms with Crippen LogP contribution in [0.5, 0.6) is 11.5 Å². The van der Waals surface area contributed by atoms with E-state index in [4.69, 9.17) is 4.74 Å². The standard InChI is InChI=1S/C24H16F4N2O5/c1-34-18-9-8-13(25)11-16(18)21(31)19-20(17-7-2-3-10-29-17)30(23(33)22(19)32)14-5-4-6-15(12-14)35-24(26,27)28/h2-12,20,31H,1H3/b21-19+. The molecule has 1 aromatic heterocycles. The molecule has 1 saturated heterocycles. The Balaban J connectivity index is 1.93. The lowest BCUT2D eigenvalue weighted by molar-refractivity contribution is -0.274. The highest BCUT2D eigenvalue weighted by Crippen LogP contribution is 2.43. The number of alkyl halides is 3. The van der Waals surface area contributed by atoms with Crippen molar-refractivity contribution in [2.24, 2.45) is 0 Å². The second-order valence-corrected chi connectivity index (χ2v) is 7.31. The Morgan fingerprint density at radius 2 is 1.83 bits per heavy atom. The van der Waals surface area contributed by atoms with E-state index in [1.54, 1.807) is 12.1 Å². The summed E-state index contributed by atoms with van der Waals surface area (Å²) in [4.78, 5) is 31.3. The molecule has 180 valence electrons. The van der Waals surface area contributed by atoms with E-state index in [0.717, 1.165) is 29.2 Å². The van der Waals surface area contributed by atoms with Crippen molar-refractivity contribution in [2.45, 2.75) is 12.4 Å². The lowest BCUT2D eigenvalue weighted by atomic mass is 9.97. The summed E-state index contributed by atoms with van der Waals surface area (Å²) in [6.45, 7) is 0. The third kappa shape index (κ3) is 4.65. The Kier molecular flexibility index (Phi) is 6.16. The van der Waals surface area contributed by atoms with Crippen molar-refractivity contribution in [3.8, 4) is 11.5 Å². The minimum atomic E-state index is -4.99. The van der Waals surface area contributed by atoms with Crippen molar-refractivity contribution in [1.82, 2.24) is 4.98 Å². The number of hydrogen-bond donors (Lipinski definition) is 1. The number of aliphatic hydroxyl groups excluding tert-OH is 1. The Bertz CT molecular complexity index is 1320. The minimum absolute atomic E-state index is 0.0236. The molecule has 1 aliphatic heterocycles. The van der Waals surface area contributed by atoms with Gasteiger partial charge in [0.15, 0.2) is 0 Å². The first-order chi connectivity index (χ1) is 16.6. The Hall–Kier alpha value is -4.41. The molecule has 11 heteroatoms. The first-order valence-electron chi connectivity index (χ1n) is 10.0. The van der Waals surface area contributed by atoms with Crippen molar-refractivity contribution >= 4 is 23.1 Å². The van der Waals surface area contributed by atoms with Gasteiger partial charge < -0.3 is 14.6 Å². The van der Waals surface area contributed by atoms with Crippen LogP contribution in [0.2, 0.25) is 0 Å². The molecule has 1 unspecified atom stereocenters. The van der Waals surface area contributed by atoms with Crippen LogP contribution < -0.4 is 14.4 Å². The van der Waals surface area contributed by atoms with E-state index in [1.165, 1.54) is 37.6 Å². The molecule has 3 aromatic rings. The average Bonchev–Trinajstić information content (AvgIpc) is 3.08. The zero-order valence-corrected chi connectivity index (χ0v) is 17.9. The smallest absolute Gasteiger partial charge is 0.507 e. The fourth-order valence-corrected chi connectivity index (χ4v) is 3.76. The molecule has 2 aromatic carbocycles. The van der Waals surface area contributed by atoms with Gasteiger partial charge in [0.1, 0.15) is 29.1 Å². The van der Waals surface area contributed by atoms with Crippen LogP contribution >= 0.6 is 0 Å². The summed E-state index contributed by atoms with van der Waals surface area (Å²) in [5.74, 6) is -4.36. The summed E-state index contributed by atoms with van der Waals surface area (Å²) < 4.78 is 61.3. The van der Waals surface area contributed by atoms with Gasteiger partial charge in [-0.3, -0.25) is 19.5 Å². The summed E-state index contributed by atoms with van der Waals surface area (Å²) in [7, 11) is 1.27. The number of benzene rings is 2. The number of amides is 1. The molecule has 4 rings (SSSR count). The number of nitrogens with zero attached hydrogens (tertiary/aromatic N) is 2. The normalized spacial score (nSPS) is 17.5. The third-order valence-electron chi connectivity index (χ3n) is 5.16. The van der Waals surface area contributed by atoms with Gasteiger partial charge in [-0.1, -0.05) is 12.1 Å². The second kappa shape index (κ2) is 9.09. The highest BCUT2D eigenvalue weighted by Gasteiger charge is 2.48. The molecule has 1 fully saturated rings. The number of Topliss-reactive ketones (excluding diaryl/α,β-unsaturated/α-hetero) is 1. The number of carbonyl (C=O) groups is 2. The van der Waals surface area contributed by atoms with E-state index in [1.807, 2.05) is 0 Å². The van der Waals surface area contributed by atoms with Crippen LogP contribution in [0.25, 0.3) is 5.76 Å². The summed E-state index contributed by atoms with van der Waals surface area (Å²) in [5, 5.41) is 11.1. The molecule has 0 saturated carbocycles. The topological polar surface area (TPSA) is 89.0 Å². The summed E-state index contributed by atoms with van der Waals surface area (Å²) >= 11 is 0. The zero-order chi connectivity index (χ0) is 25.3. The SMILES string of the molecule is COc1ccc(F)cc1/C(O)=C1\C(=O)C(=O)N(c2cccc(OC(F)(F)F)c2)C1c1ccccn1. The van der Waals surface area contributed by atoms with Crippen LogP contribution in [0.15, 0.2) is 72.4 Å². The van der Waals surface area contributed by atoms with Crippen LogP contribution in [0.4, 0.5) is 23.2 Å². The van der Waals surface area contributed by atoms with E-state index in [9.17, 15) is 32.3 Å². The van der Waals surface area contributed by atoms with Crippen molar-refractivity contribution in [2.75, 3.05) is 12.0 Å². The molecule has 1 atom stereocenters. The van der Waals surface area contributed by atoms with Crippen LogP contribution in [0.1, 0.15) is 17.3 Å². The maximum absolute atomic E-state index is 14.0. The fourth-order valence-electron chi connectivity index (χ4n) is 3.76. The zero-order valence-electron chi connectivity index (χ0n) is 17.9. The molecule has 7 nitrogen and oxygen atoms in total. The van der Waals surface area contributed by atoms with Gasteiger partial charge in [0, 0.05) is 18.0 Å². The molecule has 1 N–H and O–H groups in total. The van der Waals surface area contributed by atoms with Gasteiger partial charge >= 0.3 is 6.36 Å². The Morgan fingerprint density at radius 1 is 1.06 bits per heavy atom. The summed E-state index contributed by atoms with van der Waals surface area (Å²) in [6.07, 6.45) is -3.61. The van der Waals surface area contributed by atoms with Gasteiger partial charge in [0.05, 0.1) is 23.9 Å². The minimum Gasteiger partial charge on any atom is -0.507 e. The predicted octanol–water partition coefficient (Wildman–Crippen LogP) is 4.75. The molecule has 0 spiro atoms. The first kappa shape index (κ1) is 23.7. The summed E-state index contributed by atoms with van der Waals surface area (Å²) in [6, 6.07) is 11.0. The molecule has 2 heterocycles. The lowest BCUT2D eigenvalue weighted by Crippen LogP contribution is -2.30. The van der Waals surface area contributed by atoms with Crippen LogP contribution in [0, 0.1) is 5.82 Å². The van der Waals surface area contributed by atoms with Crippen molar-refractivity contribution in [1.29, 1.82) is 0 Å². The van der Waals surface area contributed by atoms with Crippen molar-refractivity contribution < 1.29 is 41.7 Å². The summed E-state index contributed by atoms with van der Waals surface area (Å²) in [5.41, 5.74) is -0.624. The van der Waals surface area contributed by atoms with E-state index >= 15 is 0 Å². The van der Waals surface area contributed by atoms with E-state index < -0.39 is 47.0 Å². The molecule has 1 amide bonds. The molecule has 1 aliphatic rings. The number of ketones is 1. The molecular formula is C24H16F4N2O5. The number of hydrogen-bond acceptors (Lipinski definition) is 6. The largest absolute Gasteiger partial charge is 0.573 e. The number of rotatable bonds is 5. The Morgan fingerprint density at radius 3 is 2.49 bits per heavy atom. The van der Waals surface area contributed by atoms with E-state index in [0.29, 0.717) is 0 Å². The first-order valence-corrected chi connectivity index (χ1v) is 10.0. The fraction of sp³-hybridized carbons (Fsp3) is 0.125. The van der Waals surface area contributed by atoms with Gasteiger partial charge in [-0.25, -0.2) is 4.39 Å².